The van der Waals surface area contributed by atoms with Gasteiger partial charge in [-0.2, -0.15) is 11.3 Å². The van der Waals surface area contributed by atoms with E-state index in [1.807, 2.05) is 16.8 Å². The molecule has 1 heterocycles. The Kier molecular flexibility index (Phi) is 1.71. The molecule has 0 amide bonds. The maximum Gasteiger partial charge on any atom is 0.0636 e. The zero-order chi connectivity index (χ0) is 5.82. The Hall–Kier alpha value is -0.740. The largest absolute Gasteiger partial charge is 0.152 e. The van der Waals surface area contributed by atoms with Crippen LogP contribution < -0.4 is 0 Å². The molecule has 1 radical (unpaired) electrons. The van der Waals surface area contributed by atoms with Crippen molar-refractivity contribution < 1.29 is 0 Å². The van der Waals surface area contributed by atoms with E-state index < -0.39 is 0 Å². The average molecular weight is 121 g/mol. The van der Waals surface area contributed by atoms with Crippen molar-refractivity contribution in [2.24, 2.45) is 0 Å². The third kappa shape index (κ3) is 1.11. The fourth-order valence-corrected chi connectivity index (χ4v) is 1.07. The third-order valence-corrected chi connectivity index (χ3v) is 1.49. The first-order valence-electron chi connectivity index (χ1n) is 2.25. The molecule has 0 atom stereocenters. The quantitative estimate of drug-likeness (QED) is 0.498. The monoisotopic (exact) mass is 121 g/mol. The highest BCUT2D eigenvalue weighted by Gasteiger charge is 1.85. The lowest BCUT2D eigenvalue weighted by Crippen LogP contribution is -1.66. The van der Waals surface area contributed by atoms with Gasteiger partial charge in [0.15, 0.2) is 0 Å². The number of hydrogen-bond donors (Lipinski definition) is 0. The molecule has 0 nitrogen and oxygen atoms in total. The molecule has 0 saturated carbocycles. The van der Waals surface area contributed by atoms with Crippen molar-refractivity contribution >= 4 is 11.3 Å². The summed E-state index contributed by atoms with van der Waals surface area (Å²) in [6.07, 6.45) is 6.77. The summed E-state index contributed by atoms with van der Waals surface area (Å²) < 4.78 is 0. The van der Waals surface area contributed by atoms with Crippen LogP contribution >= 0.6 is 11.3 Å². The molecule has 1 heteroatoms. The van der Waals surface area contributed by atoms with Crippen LogP contribution in [0, 0.1) is 18.8 Å². The second-order valence-electron chi connectivity index (χ2n) is 1.37. The van der Waals surface area contributed by atoms with Gasteiger partial charge in [0.25, 0.3) is 0 Å². The molecule has 0 aromatic carbocycles. The molecule has 0 aliphatic carbocycles. The van der Waals surface area contributed by atoms with Crippen molar-refractivity contribution in [3.63, 3.8) is 0 Å². The summed E-state index contributed by atoms with van der Waals surface area (Å²) in [5.74, 6) is 2.45. The summed E-state index contributed by atoms with van der Waals surface area (Å²) >= 11 is 1.65. The molecular weight excluding hydrogens is 116 g/mol. The molecule has 1 rings (SSSR count). The molecule has 0 aliphatic rings. The highest BCUT2D eigenvalue weighted by molar-refractivity contribution is 7.08. The SMILES string of the molecule is C#C[CH]c1ccsc1. The van der Waals surface area contributed by atoms with Gasteiger partial charge in [0.05, 0.1) is 6.42 Å². The first kappa shape index (κ1) is 5.40. The Balaban J connectivity index is 2.67. The van der Waals surface area contributed by atoms with Gasteiger partial charge in [0.1, 0.15) is 0 Å². The van der Waals surface area contributed by atoms with E-state index >= 15 is 0 Å². The maximum absolute atomic E-state index is 5.02. The Morgan fingerprint density at radius 2 is 2.62 bits per heavy atom. The van der Waals surface area contributed by atoms with Crippen LogP contribution in [-0.2, 0) is 0 Å². The van der Waals surface area contributed by atoms with E-state index in [0.29, 0.717) is 0 Å². The summed E-state index contributed by atoms with van der Waals surface area (Å²) in [4.78, 5) is 0. The summed E-state index contributed by atoms with van der Waals surface area (Å²) in [5.41, 5.74) is 1.12. The van der Waals surface area contributed by atoms with E-state index in [4.69, 9.17) is 6.42 Å². The first-order chi connectivity index (χ1) is 3.93. The fraction of sp³-hybridized carbons (Fsp3) is 0. The van der Waals surface area contributed by atoms with E-state index in [-0.39, 0.29) is 0 Å². The molecule has 0 bridgehead atoms. The van der Waals surface area contributed by atoms with Gasteiger partial charge in [0, 0.05) is 0 Å². The summed E-state index contributed by atoms with van der Waals surface area (Å²) in [7, 11) is 0. The van der Waals surface area contributed by atoms with Crippen LogP contribution in [0.15, 0.2) is 16.8 Å². The van der Waals surface area contributed by atoms with E-state index in [1.165, 1.54) is 0 Å². The minimum absolute atomic E-state index is 1.12. The van der Waals surface area contributed by atoms with Crippen LogP contribution in [0.1, 0.15) is 5.56 Å². The van der Waals surface area contributed by atoms with E-state index in [2.05, 4.69) is 5.92 Å². The summed E-state index contributed by atoms with van der Waals surface area (Å²) in [6.45, 7) is 0. The zero-order valence-corrected chi connectivity index (χ0v) is 5.11. The topological polar surface area (TPSA) is 0 Å². The minimum atomic E-state index is 1.12. The Bertz CT molecular complexity index is 179. The van der Waals surface area contributed by atoms with Crippen LogP contribution in [0.3, 0.4) is 0 Å². The number of hydrogen-bond acceptors (Lipinski definition) is 1. The first-order valence-corrected chi connectivity index (χ1v) is 3.19. The van der Waals surface area contributed by atoms with Gasteiger partial charge in [-0.1, -0.05) is 5.92 Å². The standard InChI is InChI=1S/C7H5S/c1-2-3-7-4-5-8-6-7/h1,3-6H. The lowest BCUT2D eigenvalue weighted by molar-refractivity contribution is 1.67. The van der Waals surface area contributed by atoms with Gasteiger partial charge in [-0.25, -0.2) is 0 Å². The van der Waals surface area contributed by atoms with Crippen LogP contribution in [0.25, 0.3) is 0 Å². The second kappa shape index (κ2) is 2.54. The fourth-order valence-electron chi connectivity index (χ4n) is 0.453. The van der Waals surface area contributed by atoms with E-state index in [1.54, 1.807) is 17.8 Å². The molecule has 0 aliphatic heterocycles. The molecule has 0 saturated heterocycles. The van der Waals surface area contributed by atoms with Crippen LogP contribution in [0.2, 0.25) is 0 Å². The smallest absolute Gasteiger partial charge is 0.0636 e. The van der Waals surface area contributed by atoms with Crippen molar-refractivity contribution in [2.75, 3.05) is 0 Å². The molecule has 39 valence electrons. The third-order valence-electron chi connectivity index (χ3n) is 0.793. The molecule has 0 N–H and O–H groups in total. The van der Waals surface area contributed by atoms with E-state index in [9.17, 15) is 0 Å². The van der Waals surface area contributed by atoms with Crippen molar-refractivity contribution in [1.82, 2.24) is 0 Å². The molecule has 1 aromatic rings. The van der Waals surface area contributed by atoms with Crippen LogP contribution in [0.5, 0.6) is 0 Å². The van der Waals surface area contributed by atoms with Crippen LogP contribution in [0.4, 0.5) is 0 Å². The molecule has 0 spiro atoms. The Morgan fingerprint density at radius 3 is 3.12 bits per heavy atom. The lowest BCUT2D eigenvalue weighted by atomic mass is 10.3. The normalized spacial score (nSPS) is 8.38. The predicted molar refractivity (Wildman–Crippen MR) is 36.6 cm³/mol. The van der Waals surface area contributed by atoms with Gasteiger partial charge < -0.3 is 0 Å². The molecule has 0 fully saturated rings. The second-order valence-corrected chi connectivity index (χ2v) is 2.15. The zero-order valence-electron chi connectivity index (χ0n) is 4.29. The predicted octanol–water partition coefficient (Wildman–Crippen LogP) is 1.93. The molecule has 8 heavy (non-hydrogen) atoms. The number of thiophene rings is 1. The Labute approximate surface area is 53.2 Å². The van der Waals surface area contributed by atoms with Crippen molar-refractivity contribution in [3.05, 3.63) is 28.8 Å². The van der Waals surface area contributed by atoms with Gasteiger partial charge in [-0.3, -0.25) is 0 Å². The maximum atomic E-state index is 5.02. The van der Waals surface area contributed by atoms with Crippen molar-refractivity contribution in [1.29, 1.82) is 0 Å². The highest BCUT2D eigenvalue weighted by atomic mass is 32.1. The van der Waals surface area contributed by atoms with Gasteiger partial charge in [-0.05, 0) is 22.4 Å². The highest BCUT2D eigenvalue weighted by Crippen LogP contribution is 2.06. The van der Waals surface area contributed by atoms with Gasteiger partial charge in [-0.15, -0.1) is 6.42 Å². The molecular formula is C7H5S. The summed E-state index contributed by atoms with van der Waals surface area (Å²) in [5, 5.41) is 4.02. The Morgan fingerprint density at radius 1 is 1.75 bits per heavy atom. The number of terminal acetylenes is 1. The number of rotatable bonds is 1. The van der Waals surface area contributed by atoms with Crippen molar-refractivity contribution in [2.45, 2.75) is 0 Å². The molecule has 1 aromatic heterocycles. The average Bonchev–Trinajstić information content (AvgIpc) is 2.19. The summed E-state index contributed by atoms with van der Waals surface area (Å²) in [6, 6.07) is 1.99. The van der Waals surface area contributed by atoms with Gasteiger partial charge >= 0.3 is 0 Å². The van der Waals surface area contributed by atoms with E-state index in [0.717, 1.165) is 5.56 Å². The lowest BCUT2D eigenvalue weighted by Gasteiger charge is -1.78. The molecule has 0 unspecified atom stereocenters. The van der Waals surface area contributed by atoms with Crippen LogP contribution in [-0.4, -0.2) is 0 Å². The van der Waals surface area contributed by atoms with Crippen molar-refractivity contribution in [3.8, 4) is 12.3 Å². The van der Waals surface area contributed by atoms with Gasteiger partial charge in [0.2, 0.25) is 0 Å². The minimum Gasteiger partial charge on any atom is -0.152 e.